The molecule has 11 heteroatoms. The standard InChI is InChI=1S/C14H19ClN2O7S/c1-23-5-2-6-25(21,22)16-8-13(18)17-10-3-4-12(11(15)7-10)24-9-14(19)20/h3-4,7,16H,2,5-6,8-9H2,1H3,(H,17,18)(H,19,20). The Bertz CT molecular complexity index is 709. The first kappa shape index (κ1) is 21.2. The number of nitrogens with one attached hydrogen (secondary N) is 2. The van der Waals surface area contributed by atoms with Crippen LogP contribution in [0.2, 0.25) is 5.02 Å². The summed E-state index contributed by atoms with van der Waals surface area (Å²) in [6.07, 6.45) is 0.320. The van der Waals surface area contributed by atoms with Gasteiger partial charge in [-0.3, -0.25) is 4.79 Å². The number of amides is 1. The Labute approximate surface area is 150 Å². The quantitative estimate of drug-likeness (QED) is 0.471. The minimum Gasteiger partial charge on any atom is -0.480 e. The molecular formula is C14H19ClN2O7S. The summed E-state index contributed by atoms with van der Waals surface area (Å²) in [4.78, 5) is 22.2. The highest BCUT2D eigenvalue weighted by Gasteiger charge is 2.13. The fourth-order valence-corrected chi connectivity index (χ4v) is 2.91. The number of ether oxygens (including phenoxy) is 2. The third-order valence-corrected chi connectivity index (χ3v) is 4.49. The predicted octanol–water partition coefficient (Wildman–Crippen LogP) is 0.698. The zero-order valence-corrected chi connectivity index (χ0v) is 15.0. The van der Waals surface area contributed by atoms with Crippen molar-refractivity contribution in [2.75, 3.05) is 37.9 Å². The van der Waals surface area contributed by atoms with Gasteiger partial charge in [0.1, 0.15) is 5.75 Å². The lowest BCUT2D eigenvalue weighted by Gasteiger charge is -2.10. The molecule has 0 saturated carbocycles. The lowest BCUT2D eigenvalue weighted by molar-refractivity contribution is -0.139. The van der Waals surface area contributed by atoms with Gasteiger partial charge in [0, 0.05) is 19.4 Å². The number of hydrogen-bond acceptors (Lipinski definition) is 6. The second kappa shape index (κ2) is 10.2. The van der Waals surface area contributed by atoms with Crippen molar-refractivity contribution in [1.29, 1.82) is 0 Å². The highest BCUT2D eigenvalue weighted by molar-refractivity contribution is 7.89. The lowest BCUT2D eigenvalue weighted by atomic mass is 10.3. The van der Waals surface area contributed by atoms with Gasteiger partial charge in [-0.15, -0.1) is 0 Å². The Morgan fingerprint density at radius 1 is 1.32 bits per heavy atom. The van der Waals surface area contributed by atoms with Gasteiger partial charge in [-0.2, -0.15) is 0 Å². The molecule has 3 N–H and O–H groups in total. The molecule has 9 nitrogen and oxygen atoms in total. The van der Waals surface area contributed by atoms with Crippen LogP contribution < -0.4 is 14.8 Å². The Balaban J connectivity index is 2.51. The van der Waals surface area contributed by atoms with Crippen LogP contribution in [0.15, 0.2) is 18.2 Å². The number of methoxy groups -OCH3 is 1. The van der Waals surface area contributed by atoms with Gasteiger partial charge >= 0.3 is 5.97 Å². The normalized spacial score (nSPS) is 11.1. The summed E-state index contributed by atoms with van der Waals surface area (Å²) in [5.74, 6) is -1.71. The summed E-state index contributed by atoms with van der Waals surface area (Å²) in [6.45, 7) is -0.664. The smallest absolute Gasteiger partial charge is 0.341 e. The van der Waals surface area contributed by atoms with Crippen molar-refractivity contribution >= 4 is 39.2 Å². The molecule has 1 aromatic carbocycles. The molecule has 0 heterocycles. The molecule has 0 spiro atoms. The highest BCUT2D eigenvalue weighted by atomic mass is 35.5. The largest absolute Gasteiger partial charge is 0.480 e. The molecular weight excluding hydrogens is 376 g/mol. The van der Waals surface area contributed by atoms with Gasteiger partial charge in [0.2, 0.25) is 15.9 Å². The molecule has 1 aromatic rings. The van der Waals surface area contributed by atoms with Crippen molar-refractivity contribution < 1.29 is 32.6 Å². The number of benzene rings is 1. The van der Waals surface area contributed by atoms with E-state index < -0.39 is 35.1 Å². The first-order chi connectivity index (χ1) is 11.7. The molecule has 0 fully saturated rings. The minimum atomic E-state index is -3.56. The lowest BCUT2D eigenvalue weighted by Crippen LogP contribution is -2.34. The summed E-state index contributed by atoms with van der Waals surface area (Å²) in [7, 11) is -2.10. The van der Waals surface area contributed by atoms with Gasteiger partial charge in [0.05, 0.1) is 17.3 Å². The second-order valence-electron chi connectivity index (χ2n) is 4.86. The molecule has 0 saturated heterocycles. The van der Waals surface area contributed by atoms with Gasteiger partial charge in [-0.25, -0.2) is 17.9 Å². The molecule has 0 unspecified atom stereocenters. The van der Waals surface area contributed by atoms with E-state index in [9.17, 15) is 18.0 Å². The number of carbonyl (C=O) groups excluding carboxylic acids is 1. The molecule has 0 aliphatic heterocycles. The first-order valence-corrected chi connectivity index (χ1v) is 9.17. The maximum absolute atomic E-state index is 11.8. The van der Waals surface area contributed by atoms with E-state index in [0.717, 1.165) is 0 Å². The number of sulfonamides is 1. The Hall–Kier alpha value is -1.88. The van der Waals surface area contributed by atoms with Crippen molar-refractivity contribution in [1.82, 2.24) is 4.72 Å². The Kier molecular flexibility index (Phi) is 8.62. The molecule has 0 aromatic heterocycles. The van der Waals surface area contributed by atoms with Gasteiger partial charge < -0.3 is 19.9 Å². The van der Waals surface area contributed by atoms with E-state index in [-0.39, 0.29) is 16.5 Å². The number of carboxylic acids is 1. The number of carbonyl (C=O) groups is 2. The number of carboxylic acid groups (broad SMARTS) is 1. The van der Waals surface area contributed by atoms with E-state index in [1.807, 2.05) is 0 Å². The molecule has 0 atom stereocenters. The second-order valence-corrected chi connectivity index (χ2v) is 7.20. The average Bonchev–Trinajstić information content (AvgIpc) is 2.52. The summed E-state index contributed by atoms with van der Waals surface area (Å²) in [5, 5.41) is 11.1. The predicted molar refractivity (Wildman–Crippen MR) is 91.5 cm³/mol. The molecule has 25 heavy (non-hydrogen) atoms. The van der Waals surface area contributed by atoms with Gasteiger partial charge in [0.25, 0.3) is 0 Å². The van der Waals surface area contributed by atoms with Crippen LogP contribution in [0.3, 0.4) is 0 Å². The fraction of sp³-hybridized carbons (Fsp3) is 0.429. The van der Waals surface area contributed by atoms with Crippen molar-refractivity contribution in [3.63, 3.8) is 0 Å². The van der Waals surface area contributed by atoms with Crippen molar-refractivity contribution in [3.8, 4) is 5.75 Å². The number of aliphatic carboxylic acids is 1. The van der Waals surface area contributed by atoms with Crippen LogP contribution in [-0.2, 0) is 24.3 Å². The summed E-state index contributed by atoms with van der Waals surface area (Å²) >= 11 is 5.92. The zero-order valence-electron chi connectivity index (χ0n) is 13.5. The third kappa shape index (κ3) is 8.68. The fourth-order valence-electron chi connectivity index (χ4n) is 1.68. The van der Waals surface area contributed by atoms with Crippen LogP contribution in [0.4, 0.5) is 5.69 Å². The number of rotatable bonds is 11. The van der Waals surface area contributed by atoms with Gasteiger partial charge in [-0.05, 0) is 24.6 Å². The van der Waals surface area contributed by atoms with E-state index in [2.05, 4.69) is 10.0 Å². The molecule has 140 valence electrons. The van der Waals surface area contributed by atoms with Crippen LogP contribution in [0.1, 0.15) is 6.42 Å². The number of anilines is 1. The topological polar surface area (TPSA) is 131 Å². The Morgan fingerprint density at radius 3 is 2.64 bits per heavy atom. The summed E-state index contributed by atoms with van der Waals surface area (Å²) in [6, 6.07) is 4.22. The maximum Gasteiger partial charge on any atom is 0.341 e. The van der Waals surface area contributed by atoms with E-state index in [1.165, 1.54) is 25.3 Å². The van der Waals surface area contributed by atoms with Gasteiger partial charge in [0.15, 0.2) is 6.61 Å². The molecule has 0 aliphatic carbocycles. The van der Waals surface area contributed by atoms with Crippen LogP contribution in [-0.4, -0.2) is 58.0 Å². The van der Waals surface area contributed by atoms with E-state index in [0.29, 0.717) is 18.7 Å². The summed E-state index contributed by atoms with van der Waals surface area (Å²) < 4.78 is 35.2. The summed E-state index contributed by atoms with van der Waals surface area (Å²) in [5.41, 5.74) is 0.316. The maximum atomic E-state index is 11.8. The van der Waals surface area contributed by atoms with Crippen LogP contribution >= 0.6 is 11.6 Å². The van der Waals surface area contributed by atoms with Crippen LogP contribution in [0.5, 0.6) is 5.75 Å². The first-order valence-electron chi connectivity index (χ1n) is 7.14. The van der Waals surface area contributed by atoms with E-state index in [4.69, 9.17) is 26.2 Å². The third-order valence-electron chi connectivity index (χ3n) is 2.78. The monoisotopic (exact) mass is 394 g/mol. The Morgan fingerprint density at radius 2 is 2.04 bits per heavy atom. The average molecular weight is 395 g/mol. The molecule has 0 bridgehead atoms. The van der Waals surface area contributed by atoms with E-state index in [1.54, 1.807) is 0 Å². The van der Waals surface area contributed by atoms with E-state index >= 15 is 0 Å². The molecule has 0 aliphatic rings. The van der Waals surface area contributed by atoms with Crippen LogP contribution in [0, 0.1) is 0 Å². The molecule has 1 amide bonds. The molecule has 0 radical (unpaired) electrons. The van der Waals surface area contributed by atoms with Crippen molar-refractivity contribution in [2.45, 2.75) is 6.42 Å². The SMILES string of the molecule is COCCCS(=O)(=O)NCC(=O)Nc1ccc(OCC(=O)O)c(Cl)c1. The highest BCUT2D eigenvalue weighted by Crippen LogP contribution is 2.27. The number of halogens is 1. The zero-order chi connectivity index (χ0) is 18.9. The molecule has 1 rings (SSSR count). The van der Waals surface area contributed by atoms with Crippen molar-refractivity contribution in [2.24, 2.45) is 0 Å². The van der Waals surface area contributed by atoms with Gasteiger partial charge in [-0.1, -0.05) is 11.6 Å². The minimum absolute atomic E-state index is 0.110. The van der Waals surface area contributed by atoms with Crippen molar-refractivity contribution in [3.05, 3.63) is 23.2 Å². The van der Waals surface area contributed by atoms with Crippen LogP contribution in [0.25, 0.3) is 0 Å². The number of hydrogen-bond donors (Lipinski definition) is 3.